The lowest BCUT2D eigenvalue weighted by atomic mass is 9.95. The van der Waals surface area contributed by atoms with Crippen LogP contribution in [0.1, 0.15) is 26.3 Å². The smallest absolute Gasteiger partial charge is 0.256 e. The molecule has 2 N–H and O–H groups in total. The summed E-state index contributed by atoms with van der Waals surface area (Å²) in [4.78, 5) is 16.7. The second kappa shape index (κ2) is 4.67. The zero-order valence-corrected chi connectivity index (χ0v) is 14.7. The predicted octanol–water partition coefficient (Wildman–Crippen LogP) is 0.927. The predicted molar refractivity (Wildman–Crippen MR) is 86.2 cm³/mol. The van der Waals surface area contributed by atoms with Crippen LogP contribution in [0.3, 0.4) is 0 Å². The molecule has 0 aromatic carbocycles. The molecular weight excluding hydrogens is 358 g/mol. The summed E-state index contributed by atoms with van der Waals surface area (Å²) >= 11 is 3.32. The number of sulfone groups is 1. The van der Waals surface area contributed by atoms with Crippen molar-refractivity contribution in [3.05, 3.63) is 32.7 Å². The number of nitrogens with two attached hydrogens (primary N) is 1. The van der Waals surface area contributed by atoms with Crippen LogP contribution in [0.15, 0.2) is 26.5 Å². The summed E-state index contributed by atoms with van der Waals surface area (Å²) in [6, 6.07) is 1.60. The number of aliphatic imine (C=N–C) groups is 1. The van der Waals surface area contributed by atoms with E-state index in [-0.39, 0.29) is 17.1 Å². The molecule has 0 bridgehead atoms. The molecular formula is C13H18BrN3O3S. The van der Waals surface area contributed by atoms with Crippen molar-refractivity contribution in [1.29, 1.82) is 0 Å². The van der Waals surface area contributed by atoms with Crippen molar-refractivity contribution in [3.8, 4) is 0 Å². The van der Waals surface area contributed by atoms with Crippen LogP contribution in [-0.2, 0) is 22.4 Å². The van der Waals surface area contributed by atoms with Crippen LogP contribution < -0.4 is 11.3 Å². The van der Waals surface area contributed by atoms with Crippen molar-refractivity contribution in [2.24, 2.45) is 17.8 Å². The Labute approximate surface area is 132 Å². The zero-order valence-electron chi connectivity index (χ0n) is 12.3. The Kier molecular flexibility index (Phi) is 3.61. The maximum Gasteiger partial charge on any atom is 0.256 e. The average Bonchev–Trinajstić information content (AvgIpc) is 2.30. The van der Waals surface area contributed by atoms with Crippen molar-refractivity contribution in [2.75, 3.05) is 5.75 Å². The van der Waals surface area contributed by atoms with E-state index < -0.39 is 20.1 Å². The number of amidine groups is 1. The number of pyridine rings is 1. The van der Waals surface area contributed by atoms with Crippen molar-refractivity contribution < 1.29 is 8.42 Å². The molecule has 0 spiro atoms. The fourth-order valence-corrected chi connectivity index (χ4v) is 4.56. The Balaban J connectivity index is 2.76. The van der Waals surface area contributed by atoms with Gasteiger partial charge >= 0.3 is 0 Å². The van der Waals surface area contributed by atoms with E-state index in [2.05, 4.69) is 20.9 Å². The molecule has 6 nitrogen and oxygen atoms in total. The second-order valence-corrected chi connectivity index (χ2v) is 9.48. The molecule has 8 heteroatoms. The second-order valence-electron chi connectivity index (χ2n) is 6.03. The van der Waals surface area contributed by atoms with Crippen LogP contribution in [0.5, 0.6) is 0 Å². The minimum absolute atomic E-state index is 0.0262. The van der Waals surface area contributed by atoms with Gasteiger partial charge in [0.25, 0.3) is 5.56 Å². The third-order valence-corrected chi connectivity index (χ3v) is 7.10. The van der Waals surface area contributed by atoms with Crippen LogP contribution in [-0.4, -0.2) is 29.3 Å². The van der Waals surface area contributed by atoms with Crippen LogP contribution >= 0.6 is 15.9 Å². The highest BCUT2D eigenvalue weighted by molar-refractivity contribution is 9.10. The van der Waals surface area contributed by atoms with Gasteiger partial charge in [-0.1, -0.05) is 0 Å². The fraction of sp³-hybridized carbons (Fsp3) is 0.538. The van der Waals surface area contributed by atoms with Crippen LogP contribution in [0, 0.1) is 0 Å². The summed E-state index contributed by atoms with van der Waals surface area (Å²) < 4.78 is 25.9. The lowest BCUT2D eigenvalue weighted by Gasteiger charge is -2.37. The highest BCUT2D eigenvalue weighted by atomic mass is 79.9. The molecule has 116 valence electrons. The Morgan fingerprint density at radius 1 is 1.38 bits per heavy atom. The highest BCUT2D eigenvalue weighted by Crippen LogP contribution is 2.35. The maximum absolute atomic E-state index is 12.5. The highest BCUT2D eigenvalue weighted by Gasteiger charge is 2.49. The quantitative estimate of drug-likeness (QED) is 0.789. The lowest BCUT2D eigenvalue weighted by Crippen LogP contribution is -2.55. The lowest BCUT2D eigenvalue weighted by molar-refractivity contribution is 0.494. The number of hydrogen-bond acceptors (Lipinski definition) is 5. The topological polar surface area (TPSA) is 94.5 Å². The van der Waals surface area contributed by atoms with Gasteiger partial charge < -0.3 is 10.3 Å². The maximum atomic E-state index is 12.5. The van der Waals surface area contributed by atoms with Gasteiger partial charge in [-0.15, -0.1) is 0 Å². The van der Waals surface area contributed by atoms with Gasteiger partial charge in [-0.2, -0.15) is 0 Å². The number of nitrogens with zero attached hydrogens (tertiary/aromatic N) is 2. The number of aryl methyl sites for hydroxylation is 1. The molecule has 0 aliphatic carbocycles. The SMILES string of the molecule is Cn1cc(Br)cc([C@]2(C)CS(=O)(=O)C(C)(C)C(N)=N2)c1=O. The van der Waals surface area contributed by atoms with E-state index in [0.29, 0.717) is 10.0 Å². The molecule has 2 heterocycles. The molecule has 0 saturated carbocycles. The Morgan fingerprint density at radius 3 is 2.48 bits per heavy atom. The number of aromatic nitrogens is 1. The third-order valence-electron chi connectivity index (χ3n) is 3.96. The number of rotatable bonds is 1. The summed E-state index contributed by atoms with van der Waals surface area (Å²) in [5.41, 5.74) is 4.72. The van der Waals surface area contributed by atoms with Crippen molar-refractivity contribution in [2.45, 2.75) is 31.1 Å². The standard InChI is InChI=1S/C13H18BrN3O3S/c1-12(2)11(15)16-13(3,7-21(12,19)20)9-5-8(14)6-17(4)10(9)18/h5-6H,7H2,1-4H3,(H2,15,16)/t13-/m0/s1. The van der Waals surface area contributed by atoms with E-state index in [1.165, 1.54) is 18.4 Å². The molecule has 0 fully saturated rings. The average molecular weight is 376 g/mol. The van der Waals surface area contributed by atoms with Gasteiger partial charge in [-0.05, 0) is 42.8 Å². The van der Waals surface area contributed by atoms with Gasteiger partial charge in [0.15, 0.2) is 9.84 Å². The van der Waals surface area contributed by atoms with Gasteiger partial charge in [-0.25, -0.2) is 8.42 Å². The molecule has 1 aliphatic rings. The van der Waals surface area contributed by atoms with Gasteiger partial charge in [0.1, 0.15) is 16.1 Å². The fourth-order valence-electron chi connectivity index (χ4n) is 2.34. The molecule has 1 atom stereocenters. The Morgan fingerprint density at radius 2 is 1.95 bits per heavy atom. The van der Waals surface area contributed by atoms with Gasteiger partial charge in [-0.3, -0.25) is 9.79 Å². The third kappa shape index (κ3) is 2.44. The van der Waals surface area contributed by atoms with E-state index in [9.17, 15) is 13.2 Å². The minimum atomic E-state index is -3.53. The summed E-state index contributed by atoms with van der Waals surface area (Å²) in [5.74, 6) is -0.224. The Hall–Kier alpha value is -1.15. The molecule has 2 rings (SSSR count). The molecule has 0 unspecified atom stereocenters. The first-order valence-electron chi connectivity index (χ1n) is 6.35. The normalized spacial score (nSPS) is 27.2. The molecule has 1 aliphatic heterocycles. The summed E-state index contributed by atoms with van der Waals surface area (Å²) in [5, 5.41) is 0. The molecule has 0 radical (unpaired) electrons. The summed E-state index contributed by atoms with van der Waals surface area (Å²) in [6.45, 7) is 4.68. The van der Waals surface area contributed by atoms with E-state index in [1.54, 1.807) is 26.2 Å². The van der Waals surface area contributed by atoms with Crippen molar-refractivity contribution in [1.82, 2.24) is 4.57 Å². The first kappa shape index (κ1) is 16.2. The van der Waals surface area contributed by atoms with E-state index in [0.717, 1.165) is 0 Å². The minimum Gasteiger partial charge on any atom is -0.386 e. The molecule has 0 amide bonds. The first-order chi connectivity index (χ1) is 9.41. The van der Waals surface area contributed by atoms with Gasteiger partial charge in [0, 0.05) is 23.3 Å². The Bertz CT molecular complexity index is 795. The molecule has 21 heavy (non-hydrogen) atoms. The summed E-state index contributed by atoms with van der Waals surface area (Å²) in [7, 11) is -1.92. The van der Waals surface area contributed by atoms with Crippen LogP contribution in [0.4, 0.5) is 0 Å². The molecule has 0 saturated heterocycles. The van der Waals surface area contributed by atoms with E-state index in [4.69, 9.17) is 5.73 Å². The zero-order chi connectivity index (χ0) is 16.2. The number of halogens is 1. The van der Waals surface area contributed by atoms with Gasteiger partial charge in [0.2, 0.25) is 0 Å². The first-order valence-corrected chi connectivity index (χ1v) is 8.80. The summed E-state index contributed by atoms with van der Waals surface area (Å²) in [6.07, 6.45) is 1.61. The largest absolute Gasteiger partial charge is 0.386 e. The van der Waals surface area contributed by atoms with Gasteiger partial charge in [0.05, 0.1) is 5.75 Å². The monoisotopic (exact) mass is 375 g/mol. The molecule has 1 aromatic heterocycles. The van der Waals surface area contributed by atoms with E-state index >= 15 is 0 Å². The van der Waals surface area contributed by atoms with E-state index in [1.807, 2.05) is 0 Å². The van der Waals surface area contributed by atoms with Crippen LogP contribution in [0.25, 0.3) is 0 Å². The van der Waals surface area contributed by atoms with Crippen LogP contribution in [0.2, 0.25) is 0 Å². The van der Waals surface area contributed by atoms with Crippen molar-refractivity contribution >= 4 is 31.6 Å². The molecule has 1 aromatic rings. The number of hydrogen-bond donors (Lipinski definition) is 1. The van der Waals surface area contributed by atoms with Crippen molar-refractivity contribution in [3.63, 3.8) is 0 Å².